The third-order valence-corrected chi connectivity index (χ3v) is 5.45. The van der Waals surface area contributed by atoms with Gasteiger partial charge in [-0.05, 0) is 51.4 Å². The van der Waals surface area contributed by atoms with Crippen LogP contribution in [0.15, 0.2) is 0 Å². The molecule has 0 spiro atoms. The molecule has 118 valence electrons. The topological polar surface area (TPSA) is 58.6 Å². The molecule has 2 saturated carbocycles. The highest BCUT2D eigenvalue weighted by Gasteiger charge is 2.52. The van der Waals surface area contributed by atoms with E-state index in [9.17, 15) is 9.59 Å². The van der Waals surface area contributed by atoms with E-state index < -0.39 is 5.54 Å². The van der Waals surface area contributed by atoms with Crippen molar-refractivity contribution in [3.63, 3.8) is 0 Å². The van der Waals surface area contributed by atoms with E-state index in [2.05, 4.69) is 5.32 Å². The van der Waals surface area contributed by atoms with Gasteiger partial charge in [0.15, 0.2) is 0 Å². The van der Waals surface area contributed by atoms with Gasteiger partial charge in [-0.25, -0.2) is 0 Å². The van der Waals surface area contributed by atoms with Crippen molar-refractivity contribution in [3.05, 3.63) is 0 Å². The van der Waals surface area contributed by atoms with Crippen LogP contribution in [0.1, 0.15) is 51.9 Å². The van der Waals surface area contributed by atoms with Gasteiger partial charge in [0.25, 0.3) is 0 Å². The zero-order valence-electron chi connectivity index (χ0n) is 13.1. The molecule has 1 heterocycles. The highest BCUT2D eigenvalue weighted by molar-refractivity contribution is 5.94. The van der Waals surface area contributed by atoms with Crippen molar-refractivity contribution in [1.82, 2.24) is 10.2 Å². The molecule has 3 atom stereocenters. The SMILES string of the molecule is COC1CCCC(N2CCC(=O)NC(C)(C3CC3)C2=O)C1. The summed E-state index contributed by atoms with van der Waals surface area (Å²) in [6, 6.07) is 0.224. The van der Waals surface area contributed by atoms with Crippen molar-refractivity contribution in [2.45, 2.75) is 69.6 Å². The quantitative estimate of drug-likeness (QED) is 0.857. The first-order valence-electron chi connectivity index (χ1n) is 8.19. The molecule has 2 aliphatic carbocycles. The molecule has 3 unspecified atom stereocenters. The molecular formula is C16H26N2O3. The summed E-state index contributed by atoms with van der Waals surface area (Å²) in [6.07, 6.45) is 6.85. The zero-order chi connectivity index (χ0) is 15.0. The van der Waals surface area contributed by atoms with Crippen molar-refractivity contribution in [2.75, 3.05) is 13.7 Å². The molecule has 0 aromatic rings. The van der Waals surface area contributed by atoms with Crippen LogP contribution in [0.4, 0.5) is 0 Å². The maximum Gasteiger partial charge on any atom is 0.248 e. The third-order valence-electron chi connectivity index (χ3n) is 5.45. The summed E-state index contributed by atoms with van der Waals surface area (Å²) in [4.78, 5) is 27.0. The summed E-state index contributed by atoms with van der Waals surface area (Å²) in [7, 11) is 1.75. The minimum atomic E-state index is -0.687. The molecule has 0 aromatic heterocycles. The van der Waals surface area contributed by atoms with Gasteiger partial charge in [-0.3, -0.25) is 9.59 Å². The van der Waals surface area contributed by atoms with Crippen LogP contribution in [0.25, 0.3) is 0 Å². The Hall–Kier alpha value is -1.10. The molecule has 21 heavy (non-hydrogen) atoms. The molecule has 1 saturated heterocycles. The third kappa shape index (κ3) is 2.80. The van der Waals surface area contributed by atoms with Crippen molar-refractivity contribution in [2.24, 2.45) is 5.92 Å². The van der Waals surface area contributed by atoms with Gasteiger partial charge in [0, 0.05) is 26.1 Å². The van der Waals surface area contributed by atoms with E-state index in [1.807, 2.05) is 11.8 Å². The van der Waals surface area contributed by atoms with Crippen molar-refractivity contribution in [3.8, 4) is 0 Å². The molecule has 0 aromatic carbocycles. The Bertz CT molecular complexity index is 435. The largest absolute Gasteiger partial charge is 0.381 e. The summed E-state index contributed by atoms with van der Waals surface area (Å²) in [6.45, 7) is 2.47. The van der Waals surface area contributed by atoms with Crippen LogP contribution in [0.3, 0.4) is 0 Å². The number of carbonyl (C=O) groups excluding carboxylic acids is 2. The Labute approximate surface area is 126 Å². The van der Waals surface area contributed by atoms with E-state index in [-0.39, 0.29) is 24.0 Å². The lowest BCUT2D eigenvalue weighted by atomic mass is 9.88. The Morgan fingerprint density at radius 2 is 2.00 bits per heavy atom. The lowest BCUT2D eigenvalue weighted by Gasteiger charge is -2.40. The maximum atomic E-state index is 13.1. The van der Waals surface area contributed by atoms with Crippen molar-refractivity contribution in [1.29, 1.82) is 0 Å². The Morgan fingerprint density at radius 3 is 2.67 bits per heavy atom. The summed E-state index contributed by atoms with van der Waals surface area (Å²) >= 11 is 0. The van der Waals surface area contributed by atoms with Crippen LogP contribution in [-0.4, -0.2) is 48.1 Å². The highest BCUT2D eigenvalue weighted by Crippen LogP contribution is 2.42. The van der Waals surface area contributed by atoms with Crippen LogP contribution in [0, 0.1) is 5.92 Å². The predicted molar refractivity (Wildman–Crippen MR) is 78.7 cm³/mol. The normalized spacial score (nSPS) is 38.1. The van der Waals surface area contributed by atoms with Crippen molar-refractivity contribution < 1.29 is 14.3 Å². The fraction of sp³-hybridized carbons (Fsp3) is 0.875. The molecule has 0 bridgehead atoms. The van der Waals surface area contributed by atoms with Crippen molar-refractivity contribution >= 4 is 11.8 Å². The molecule has 3 aliphatic rings. The van der Waals surface area contributed by atoms with E-state index in [4.69, 9.17) is 4.74 Å². The number of rotatable bonds is 3. The second kappa shape index (κ2) is 5.59. The van der Waals surface area contributed by atoms with E-state index in [1.54, 1.807) is 7.11 Å². The van der Waals surface area contributed by atoms with E-state index in [0.29, 0.717) is 18.9 Å². The lowest BCUT2D eigenvalue weighted by molar-refractivity contribution is -0.142. The van der Waals surface area contributed by atoms with E-state index in [1.165, 1.54) is 0 Å². The van der Waals surface area contributed by atoms with E-state index in [0.717, 1.165) is 38.5 Å². The number of amides is 2. The van der Waals surface area contributed by atoms with E-state index >= 15 is 0 Å². The molecule has 3 rings (SSSR count). The molecule has 0 radical (unpaired) electrons. The van der Waals surface area contributed by atoms with Gasteiger partial charge < -0.3 is 15.0 Å². The van der Waals surface area contributed by atoms with Gasteiger partial charge in [0.05, 0.1) is 6.10 Å². The summed E-state index contributed by atoms with van der Waals surface area (Å²) in [5.74, 6) is 0.452. The second-order valence-corrected chi connectivity index (χ2v) is 6.95. The highest BCUT2D eigenvalue weighted by atomic mass is 16.5. The number of nitrogens with one attached hydrogen (secondary N) is 1. The molecule has 1 aliphatic heterocycles. The Kier molecular flexibility index (Phi) is 3.95. The average molecular weight is 294 g/mol. The first kappa shape index (κ1) is 14.8. The summed E-state index contributed by atoms with van der Waals surface area (Å²) in [5.41, 5.74) is -0.687. The minimum absolute atomic E-state index is 0.0133. The first-order valence-corrected chi connectivity index (χ1v) is 8.19. The monoisotopic (exact) mass is 294 g/mol. The Morgan fingerprint density at radius 1 is 1.24 bits per heavy atom. The van der Waals surface area contributed by atoms with Gasteiger partial charge in [-0.2, -0.15) is 0 Å². The van der Waals surface area contributed by atoms with Gasteiger partial charge in [0.2, 0.25) is 11.8 Å². The molecule has 5 heteroatoms. The van der Waals surface area contributed by atoms with Gasteiger partial charge in [-0.1, -0.05) is 0 Å². The number of hydrogen-bond donors (Lipinski definition) is 1. The molecule has 2 amide bonds. The minimum Gasteiger partial charge on any atom is -0.381 e. The number of methoxy groups -OCH3 is 1. The number of nitrogens with zero attached hydrogens (tertiary/aromatic N) is 1. The number of ether oxygens (including phenoxy) is 1. The van der Waals surface area contributed by atoms with Crippen LogP contribution < -0.4 is 5.32 Å². The van der Waals surface area contributed by atoms with Crippen LogP contribution in [0.5, 0.6) is 0 Å². The molecular weight excluding hydrogens is 268 g/mol. The van der Waals surface area contributed by atoms with Gasteiger partial charge >= 0.3 is 0 Å². The number of carbonyl (C=O) groups is 2. The molecule has 3 fully saturated rings. The lowest BCUT2D eigenvalue weighted by Crippen LogP contribution is -2.59. The summed E-state index contributed by atoms with van der Waals surface area (Å²) in [5, 5.41) is 3.00. The standard InChI is InChI=1S/C16H26N2O3/c1-16(11-6-7-11)15(20)18(9-8-14(19)17-16)12-4-3-5-13(10-12)21-2/h11-13H,3-10H2,1-2H3,(H,17,19). The maximum absolute atomic E-state index is 13.1. The fourth-order valence-electron chi connectivity index (χ4n) is 3.93. The predicted octanol–water partition coefficient (Wildman–Crippen LogP) is 1.46. The molecule has 5 nitrogen and oxygen atoms in total. The van der Waals surface area contributed by atoms with Crippen LogP contribution in [0.2, 0.25) is 0 Å². The smallest absolute Gasteiger partial charge is 0.248 e. The molecule has 1 N–H and O–H groups in total. The summed E-state index contributed by atoms with van der Waals surface area (Å²) < 4.78 is 5.49. The zero-order valence-corrected chi connectivity index (χ0v) is 13.1. The van der Waals surface area contributed by atoms with Gasteiger partial charge in [-0.15, -0.1) is 0 Å². The first-order chi connectivity index (χ1) is 10.0. The number of hydrogen-bond acceptors (Lipinski definition) is 3. The van der Waals surface area contributed by atoms with Crippen LogP contribution >= 0.6 is 0 Å². The van der Waals surface area contributed by atoms with Crippen LogP contribution in [-0.2, 0) is 14.3 Å². The Balaban J connectivity index is 1.80. The second-order valence-electron chi connectivity index (χ2n) is 6.95. The fourth-order valence-corrected chi connectivity index (χ4v) is 3.93. The van der Waals surface area contributed by atoms with Gasteiger partial charge in [0.1, 0.15) is 5.54 Å². The average Bonchev–Trinajstić information content (AvgIpc) is 3.31.